The van der Waals surface area contributed by atoms with Crippen LogP contribution in [-0.2, 0) is 52.5 Å². The van der Waals surface area contributed by atoms with Crippen molar-refractivity contribution in [3.8, 4) is 0 Å². The zero-order valence-corrected chi connectivity index (χ0v) is 27.3. The molecule has 0 fully saturated rings. The quantitative estimate of drug-likeness (QED) is 0.0420. The van der Waals surface area contributed by atoms with Crippen LogP contribution in [0.25, 0.3) is 0 Å². The van der Waals surface area contributed by atoms with Gasteiger partial charge in [0.2, 0.25) is 29.5 Å². The second-order valence-electron chi connectivity index (χ2n) is 10.1. The van der Waals surface area contributed by atoms with E-state index in [1.54, 1.807) is 6.92 Å². The van der Waals surface area contributed by atoms with E-state index in [4.69, 9.17) is 24.1 Å². The fraction of sp³-hybridized carbons (Fsp3) is 0.759. The molecular formula is C29H51N5O13. The van der Waals surface area contributed by atoms with E-state index in [1.807, 2.05) is 6.92 Å². The topological polar surface area (TPSA) is 257 Å². The van der Waals surface area contributed by atoms with Crippen LogP contribution in [0, 0.1) is 0 Å². The molecule has 0 rings (SSSR count). The number of ether oxygens (including phenoxy) is 4. The number of hydrogen-bond acceptors (Lipinski definition) is 11. The van der Waals surface area contributed by atoms with Crippen LogP contribution in [0.3, 0.4) is 0 Å². The van der Waals surface area contributed by atoms with Crippen LogP contribution in [-0.4, -0.2) is 136 Å². The Hall–Kier alpha value is -3.87. The summed E-state index contributed by atoms with van der Waals surface area (Å²) in [5, 5.41) is 31.0. The first-order chi connectivity index (χ1) is 22.5. The molecule has 270 valence electrons. The molecule has 0 aromatic carbocycles. The molecule has 0 spiro atoms. The Morgan fingerprint density at radius 2 is 0.957 bits per heavy atom. The van der Waals surface area contributed by atoms with Crippen LogP contribution in [0.15, 0.2) is 0 Å². The van der Waals surface area contributed by atoms with Gasteiger partial charge in [-0.15, -0.1) is 0 Å². The Labute approximate surface area is 274 Å². The van der Waals surface area contributed by atoms with Gasteiger partial charge in [0.15, 0.2) is 0 Å². The average Bonchev–Trinajstić information content (AvgIpc) is 3.03. The van der Waals surface area contributed by atoms with Gasteiger partial charge in [-0.3, -0.25) is 24.0 Å². The Bertz CT molecular complexity index is 967. The molecule has 47 heavy (non-hydrogen) atoms. The molecule has 0 saturated heterocycles. The number of amides is 5. The van der Waals surface area contributed by atoms with E-state index in [0.29, 0.717) is 6.54 Å². The summed E-state index contributed by atoms with van der Waals surface area (Å²) in [6.07, 6.45) is 1.03. The molecule has 2 unspecified atom stereocenters. The summed E-state index contributed by atoms with van der Waals surface area (Å²) in [7, 11) is 0. The van der Waals surface area contributed by atoms with Crippen molar-refractivity contribution in [1.82, 2.24) is 26.6 Å². The van der Waals surface area contributed by atoms with Crippen molar-refractivity contribution in [3.05, 3.63) is 0 Å². The monoisotopic (exact) mass is 677 g/mol. The van der Waals surface area contributed by atoms with Crippen molar-refractivity contribution in [2.75, 3.05) is 72.5 Å². The molecule has 0 aliphatic heterocycles. The van der Waals surface area contributed by atoms with E-state index >= 15 is 0 Å². The van der Waals surface area contributed by atoms with Gasteiger partial charge in [-0.1, -0.05) is 20.3 Å². The smallest absolute Gasteiger partial charge is 0.326 e. The molecule has 2 atom stereocenters. The van der Waals surface area contributed by atoms with Gasteiger partial charge in [0.1, 0.15) is 25.3 Å². The summed E-state index contributed by atoms with van der Waals surface area (Å²) in [5.41, 5.74) is 0. The minimum atomic E-state index is -1.36. The van der Waals surface area contributed by atoms with E-state index in [9.17, 15) is 38.7 Å². The van der Waals surface area contributed by atoms with E-state index < -0.39 is 41.7 Å². The van der Waals surface area contributed by atoms with Crippen molar-refractivity contribution < 1.29 is 62.7 Å². The average molecular weight is 678 g/mol. The van der Waals surface area contributed by atoms with Gasteiger partial charge in [0.05, 0.1) is 39.6 Å². The number of carbonyl (C=O) groups excluding carboxylic acids is 5. The molecule has 7 N–H and O–H groups in total. The number of carboxylic acid groups (broad SMARTS) is 2. The summed E-state index contributed by atoms with van der Waals surface area (Å²) in [6, 6.07) is -2.65. The van der Waals surface area contributed by atoms with Gasteiger partial charge in [-0.25, -0.2) is 9.59 Å². The Morgan fingerprint density at radius 3 is 1.43 bits per heavy atom. The number of nitrogens with one attached hydrogen (secondary N) is 5. The lowest BCUT2D eigenvalue weighted by molar-refractivity contribution is -0.143. The number of carbonyl (C=O) groups is 7. The second-order valence-corrected chi connectivity index (χ2v) is 10.1. The lowest BCUT2D eigenvalue weighted by atomic mass is 10.1. The molecule has 0 aromatic heterocycles. The number of aliphatic carboxylic acids is 2. The van der Waals surface area contributed by atoms with Crippen LogP contribution < -0.4 is 26.6 Å². The van der Waals surface area contributed by atoms with Crippen molar-refractivity contribution in [2.45, 2.75) is 70.9 Å². The third kappa shape index (κ3) is 26.0. The maximum atomic E-state index is 12.1. The molecular weight excluding hydrogens is 626 g/mol. The predicted octanol–water partition coefficient (Wildman–Crippen LogP) is -1.69. The maximum Gasteiger partial charge on any atom is 0.326 e. The van der Waals surface area contributed by atoms with Crippen LogP contribution in [0.5, 0.6) is 0 Å². The van der Waals surface area contributed by atoms with E-state index in [-0.39, 0.29) is 110 Å². The molecule has 0 saturated carbocycles. The molecule has 0 radical (unpaired) electrons. The van der Waals surface area contributed by atoms with E-state index in [1.165, 1.54) is 0 Å². The number of carboxylic acids is 2. The van der Waals surface area contributed by atoms with Crippen molar-refractivity contribution in [3.63, 3.8) is 0 Å². The Kier molecular flexibility index (Phi) is 26.0. The highest BCUT2D eigenvalue weighted by Crippen LogP contribution is 2.03. The SMILES string of the molecule is CCCCNC(=O)COCCOCCNC(=O)COCCOCCNC(=O)CCC(NC(=O)CCC(NC(=O)CC)C(=O)O)C(=O)O. The molecule has 0 heterocycles. The first-order valence-corrected chi connectivity index (χ1v) is 15.6. The molecule has 0 bridgehead atoms. The van der Waals surface area contributed by atoms with Crippen molar-refractivity contribution in [2.24, 2.45) is 0 Å². The Balaban J connectivity index is 3.85. The molecule has 5 amide bonds. The van der Waals surface area contributed by atoms with Crippen LogP contribution >= 0.6 is 0 Å². The van der Waals surface area contributed by atoms with Gasteiger partial charge in [0.25, 0.3) is 0 Å². The van der Waals surface area contributed by atoms with E-state index in [2.05, 4.69) is 26.6 Å². The minimum Gasteiger partial charge on any atom is -0.480 e. The summed E-state index contributed by atoms with van der Waals surface area (Å²) in [5.74, 6) is -4.85. The number of unbranched alkanes of at least 4 members (excludes halogenated alkanes) is 1. The standard InChI is InChI=1S/C29H51N5O13/c1-3-5-10-30-26(38)19-46-17-16-45-14-12-32-27(39)20-47-18-15-44-13-11-31-24(36)8-6-22(29(42)43)34-25(37)9-7-21(28(40)41)33-23(35)4-2/h21-22H,3-20H2,1-2H3,(H,30,38)(H,31,36)(H,32,39)(H,33,35)(H,34,37)(H,40,41)(H,42,43). The summed E-state index contributed by atoms with van der Waals surface area (Å²) < 4.78 is 21.0. The zero-order valence-electron chi connectivity index (χ0n) is 27.3. The van der Waals surface area contributed by atoms with Crippen LogP contribution in [0.1, 0.15) is 58.8 Å². The zero-order chi connectivity index (χ0) is 35.3. The highest BCUT2D eigenvalue weighted by molar-refractivity contribution is 5.86. The van der Waals surface area contributed by atoms with Crippen molar-refractivity contribution >= 4 is 41.5 Å². The van der Waals surface area contributed by atoms with Gasteiger partial charge < -0.3 is 55.7 Å². The van der Waals surface area contributed by atoms with Gasteiger partial charge in [-0.2, -0.15) is 0 Å². The van der Waals surface area contributed by atoms with Crippen molar-refractivity contribution in [1.29, 1.82) is 0 Å². The first kappa shape index (κ1) is 43.1. The fourth-order valence-corrected chi connectivity index (χ4v) is 3.52. The summed E-state index contributed by atoms with van der Waals surface area (Å²) in [6.45, 7) is 5.70. The van der Waals surface area contributed by atoms with Gasteiger partial charge in [-0.05, 0) is 19.3 Å². The molecule has 0 aromatic rings. The first-order valence-electron chi connectivity index (χ1n) is 15.6. The number of hydrogen-bond donors (Lipinski definition) is 7. The normalized spacial score (nSPS) is 12.0. The second kappa shape index (κ2) is 28.4. The number of rotatable bonds is 30. The maximum absolute atomic E-state index is 12.1. The summed E-state index contributed by atoms with van der Waals surface area (Å²) >= 11 is 0. The minimum absolute atomic E-state index is 0.0249. The largest absolute Gasteiger partial charge is 0.480 e. The lowest BCUT2D eigenvalue weighted by Crippen LogP contribution is -2.44. The molecule has 18 nitrogen and oxygen atoms in total. The van der Waals surface area contributed by atoms with E-state index in [0.717, 1.165) is 12.8 Å². The summed E-state index contributed by atoms with van der Waals surface area (Å²) in [4.78, 5) is 81.6. The van der Waals surface area contributed by atoms with Crippen LogP contribution in [0.2, 0.25) is 0 Å². The molecule has 0 aliphatic rings. The third-order valence-corrected chi connectivity index (χ3v) is 6.11. The molecule has 18 heteroatoms. The highest BCUT2D eigenvalue weighted by atomic mass is 16.5. The van der Waals surface area contributed by atoms with Gasteiger partial charge in [0, 0.05) is 38.9 Å². The molecule has 0 aliphatic carbocycles. The predicted molar refractivity (Wildman–Crippen MR) is 165 cm³/mol. The Morgan fingerprint density at radius 1 is 0.532 bits per heavy atom. The fourth-order valence-electron chi connectivity index (χ4n) is 3.52. The third-order valence-electron chi connectivity index (χ3n) is 6.11. The van der Waals surface area contributed by atoms with Gasteiger partial charge >= 0.3 is 11.9 Å². The highest BCUT2D eigenvalue weighted by Gasteiger charge is 2.24. The van der Waals surface area contributed by atoms with Crippen LogP contribution in [0.4, 0.5) is 0 Å². The lowest BCUT2D eigenvalue weighted by Gasteiger charge is -2.16.